The average Bonchev–Trinajstić information content (AvgIpc) is 2.56. The number of nitrogens with zero attached hydrogens (tertiary/aromatic N) is 1. The van der Waals surface area contributed by atoms with E-state index in [0.29, 0.717) is 42.0 Å². The van der Waals surface area contributed by atoms with Crippen LogP contribution in [0.2, 0.25) is 0 Å². The number of aromatic nitrogens is 1. The van der Waals surface area contributed by atoms with Gasteiger partial charge in [0, 0.05) is 19.0 Å². The Hall–Kier alpha value is -2.54. The zero-order chi connectivity index (χ0) is 19.3. The second kappa shape index (κ2) is 8.23. The molecule has 2 rings (SSSR count). The Morgan fingerprint density at radius 1 is 1.19 bits per heavy atom. The largest absolute Gasteiger partial charge is 0.489 e. The van der Waals surface area contributed by atoms with E-state index in [4.69, 9.17) is 14.6 Å². The predicted molar refractivity (Wildman–Crippen MR) is 99.9 cm³/mol. The van der Waals surface area contributed by atoms with Crippen LogP contribution in [0.5, 0.6) is 5.75 Å². The molecule has 0 aliphatic rings. The molecule has 0 bridgehead atoms. The summed E-state index contributed by atoms with van der Waals surface area (Å²) < 4.78 is 12.6. The summed E-state index contributed by atoms with van der Waals surface area (Å²) in [5.41, 5.74) is 0.188. The molecule has 0 aliphatic heterocycles. The Balaban J connectivity index is 2.70. The van der Waals surface area contributed by atoms with Gasteiger partial charge in [-0.05, 0) is 11.5 Å². The van der Waals surface area contributed by atoms with E-state index in [9.17, 15) is 9.59 Å². The predicted octanol–water partition coefficient (Wildman–Crippen LogP) is 2.84. The van der Waals surface area contributed by atoms with Gasteiger partial charge in [-0.3, -0.25) is 4.79 Å². The lowest BCUT2D eigenvalue weighted by molar-refractivity contribution is 0.145. The van der Waals surface area contributed by atoms with Gasteiger partial charge in [-0.2, -0.15) is 0 Å². The SMILES string of the molecule is COCCOc1c(CNC(=O)O)n(CC(C)(C)C)c(=O)c2ccccc12. The summed E-state index contributed by atoms with van der Waals surface area (Å²) in [6.07, 6.45) is -1.16. The second-order valence-corrected chi connectivity index (χ2v) is 7.27. The van der Waals surface area contributed by atoms with Gasteiger partial charge < -0.3 is 24.5 Å². The van der Waals surface area contributed by atoms with E-state index in [-0.39, 0.29) is 17.5 Å². The lowest BCUT2D eigenvalue weighted by Crippen LogP contribution is -2.33. The normalized spacial score (nSPS) is 11.5. The first-order valence-electron chi connectivity index (χ1n) is 8.47. The van der Waals surface area contributed by atoms with E-state index in [1.165, 1.54) is 0 Å². The second-order valence-electron chi connectivity index (χ2n) is 7.27. The Kier molecular flexibility index (Phi) is 6.26. The van der Waals surface area contributed by atoms with Crippen molar-refractivity contribution in [2.45, 2.75) is 33.9 Å². The standard InChI is InChI=1S/C19H26N2O5/c1-19(2,3)12-21-15(11-20-18(23)24)16(26-10-9-25-4)13-7-5-6-8-14(13)17(21)22/h5-8,20H,9-12H2,1-4H3,(H,23,24). The van der Waals surface area contributed by atoms with Crippen molar-refractivity contribution < 1.29 is 19.4 Å². The van der Waals surface area contributed by atoms with Crippen LogP contribution in [-0.2, 0) is 17.8 Å². The molecule has 142 valence electrons. The molecule has 0 saturated carbocycles. The third-order valence-corrected chi connectivity index (χ3v) is 3.81. The van der Waals surface area contributed by atoms with Crippen molar-refractivity contribution in [1.29, 1.82) is 0 Å². The summed E-state index contributed by atoms with van der Waals surface area (Å²) in [5, 5.41) is 12.6. The van der Waals surface area contributed by atoms with E-state index < -0.39 is 6.09 Å². The first-order chi connectivity index (χ1) is 12.2. The molecular formula is C19H26N2O5. The number of fused-ring (bicyclic) bond motifs is 1. The Morgan fingerprint density at radius 3 is 2.42 bits per heavy atom. The van der Waals surface area contributed by atoms with Crippen LogP contribution in [0.4, 0.5) is 4.79 Å². The van der Waals surface area contributed by atoms with Gasteiger partial charge in [0.2, 0.25) is 0 Å². The topological polar surface area (TPSA) is 89.8 Å². The lowest BCUT2D eigenvalue weighted by Gasteiger charge is -2.25. The fraction of sp³-hybridized carbons (Fsp3) is 0.474. The Labute approximate surface area is 152 Å². The fourth-order valence-corrected chi connectivity index (χ4v) is 2.78. The number of pyridine rings is 1. The summed E-state index contributed by atoms with van der Waals surface area (Å²) in [6, 6.07) is 7.20. The molecule has 7 heteroatoms. The van der Waals surface area contributed by atoms with E-state index in [1.54, 1.807) is 23.8 Å². The number of carboxylic acid groups (broad SMARTS) is 1. The van der Waals surface area contributed by atoms with Crippen molar-refractivity contribution in [3.8, 4) is 5.75 Å². The first-order valence-corrected chi connectivity index (χ1v) is 8.47. The number of amides is 1. The van der Waals surface area contributed by atoms with Crippen molar-refractivity contribution in [1.82, 2.24) is 9.88 Å². The Bertz CT molecular complexity index is 836. The number of hydrogen-bond acceptors (Lipinski definition) is 4. The fourth-order valence-electron chi connectivity index (χ4n) is 2.78. The van der Waals surface area contributed by atoms with Gasteiger partial charge in [-0.1, -0.05) is 39.0 Å². The van der Waals surface area contributed by atoms with Crippen LogP contribution in [0.1, 0.15) is 26.5 Å². The summed E-state index contributed by atoms with van der Waals surface area (Å²) in [7, 11) is 1.58. The van der Waals surface area contributed by atoms with Crippen LogP contribution in [-0.4, -0.2) is 36.1 Å². The number of carbonyl (C=O) groups is 1. The van der Waals surface area contributed by atoms with Gasteiger partial charge in [0.05, 0.1) is 24.2 Å². The molecule has 0 saturated heterocycles. The van der Waals surface area contributed by atoms with Crippen LogP contribution in [0.15, 0.2) is 29.1 Å². The van der Waals surface area contributed by atoms with E-state index in [2.05, 4.69) is 5.32 Å². The molecule has 26 heavy (non-hydrogen) atoms. The van der Waals surface area contributed by atoms with E-state index >= 15 is 0 Å². The highest BCUT2D eigenvalue weighted by atomic mass is 16.5. The quantitative estimate of drug-likeness (QED) is 0.739. The average molecular weight is 362 g/mol. The molecule has 7 nitrogen and oxygen atoms in total. The van der Waals surface area contributed by atoms with Gasteiger partial charge in [0.1, 0.15) is 12.4 Å². The van der Waals surface area contributed by atoms with Gasteiger partial charge >= 0.3 is 6.09 Å². The maximum absolute atomic E-state index is 13.1. The molecule has 1 heterocycles. The molecule has 1 amide bonds. The van der Waals surface area contributed by atoms with Crippen molar-refractivity contribution >= 4 is 16.9 Å². The van der Waals surface area contributed by atoms with Crippen molar-refractivity contribution in [2.75, 3.05) is 20.3 Å². The third-order valence-electron chi connectivity index (χ3n) is 3.81. The summed E-state index contributed by atoms with van der Waals surface area (Å²) in [4.78, 5) is 24.1. The molecule has 0 atom stereocenters. The lowest BCUT2D eigenvalue weighted by atomic mass is 9.96. The maximum Gasteiger partial charge on any atom is 0.404 e. The van der Waals surface area contributed by atoms with Crippen LogP contribution in [0.3, 0.4) is 0 Å². The molecule has 1 aromatic carbocycles. The van der Waals surface area contributed by atoms with Crippen LogP contribution < -0.4 is 15.6 Å². The minimum atomic E-state index is -1.16. The summed E-state index contributed by atoms with van der Waals surface area (Å²) in [6.45, 7) is 7.17. The van der Waals surface area contributed by atoms with Crippen molar-refractivity contribution in [3.05, 3.63) is 40.3 Å². The highest BCUT2D eigenvalue weighted by molar-refractivity contribution is 5.88. The zero-order valence-corrected chi connectivity index (χ0v) is 15.7. The molecule has 0 aliphatic carbocycles. The van der Waals surface area contributed by atoms with Crippen LogP contribution in [0.25, 0.3) is 10.8 Å². The van der Waals surface area contributed by atoms with Crippen molar-refractivity contribution in [3.63, 3.8) is 0 Å². The van der Waals surface area contributed by atoms with E-state index in [0.717, 1.165) is 0 Å². The smallest absolute Gasteiger partial charge is 0.404 e. The minimum Gasteiger partial charge on any atom is -0.489 e. The summed E-state index contributed by atoms with van der Waals surface area (Å²) in [5.74, 6) is 0.509. The number of hydrogen-bond donors (Lipinski definition) is 2. The maximum atomic E-state index is 13.1. The highest BCUT2D eigenvalue weighted by Gasteiger charge is 2.22. The molecule has 2 aromatic rings. The molecule has 0 spiro atoms. The molecular weight excluding hydrogens is 336 g/mol. The van der Waals surface area contributed by atoms with Gasteiger partial charge in [0.25, 0.3) is 5.56 Å². The number of benzene rings is 1. The van der Waals surface area contributed by atoms with Crippen molar-refractivity contribution in [2.24, 2.45) is 5.41 Å². The zero-order valence-electron chi connectivity index (χ0n) is 15.7. The highest BCUT2D eigenvalue weighted by Crippen LogP contribution is 2.29. The molecule has 0 fully saturated rings. The minimum absolute atomic E-state index is 0.0200. The van der Waals surface area contributed by atoms with Gasteiger partial charge in [0.15, 0.2) is 0 Å². The summed E-state index contributed by atoms with van der Waals surface area (Å²) >= 11 is 0. The van der Waals surface area contributed by atoms with Crippen LogP contribution in [0, 0.1) is 5.41 Å². The molecule has 0 radical (unpaired) electrons. The molecule has 2 N–H and O–H groups in total. The number of rotatable bonds is 7. The Morgan fingerprint density at radius 2 is 1.85 bits per heavy atom. The monoisotopic (exact) mass is 362 g/mol. The molecule has 0 unspecified atom stereocenters. The first kappa shape index (κ1) is 19.8. The third kappa shape index (κ3) is 4.76. The number of nitrogens with one attached hydrogen (secondary N) is 1. The number of methoxy groups -OCH3 is 1. The number of ether oxygens (including phenoxy) is 2. The van der Waals surface area contributed by atoms with Gasteiger partial charge in [-0.15, -0.1) is 0 Å². The van der Waals surface area contributed by atoms with E-state index in [1.807, 2.05) is 32.9 Å². The van der Waals surface area contributed by atoms with Gasteiger partial charge in [-0.25, -0.2) is 4.79 Å². The molecule has 1 aromatic heterocycles. The van der Waals surface area contributed by atoms with Crippen LogP contribution >= 0.6 is 0 Å².